The van der Waals surface area contributed by atoms with Gasteiger partial charge in [-0.15, -0.1) is 11.3 Å². The van der Waals surface area contributed by atoms with E-state index in [1.54, 1.807) is 43.7 Å². The zero-order valence-corrected chi connectivity index (χ0v) is 16.8. The SMILES string of the molecule is CCOC(=O)c1c(-c2ccc(F)cc2)csc1NC(=O)Cc1ccc(OC)cc1. The summed E-state index contributed by atoms with van der Waals surface area (Å²) in [6, 6.07) is 13.0. The number of nitrogens with one attached hydrogen (secondary N) is 1. The Morgan fingerprint density at radius 1 is 1.07 bits per heavy atom. The molecular formula is C22H20FNO4S. The predicted octanol–water partition coefficient (Wildman–Crippen LogP) is 4.92. The number of hydrogen-bond acceptors (Lipinski definition) is 5. The summed E-state index contributed by atoms with van der Waals surface area (Å²) in [7, 11) is 1.58. The van der Waals surface area contributed by atoms with Crippen LogP contribution in [0.3, 0.4) is 0 Å². The van der Waals surface area contributed by atoms with E-state index >= 15 is 0 Å². The van der Waals surface area contributed by atoms with Gasteiger partial charge >= 0.3 is 5.97 Å². The van der Waals surface area contributed by atoms with Crippen molar-refractivity contribution < 1.29 is 23.5 Å². The molecule has 0 spiro atoms. The molecule has 1 heterocycles. The topological polar surface area (TPSA) is 64.6 Å². The van der Waals surface area contributed by atoms with Gasteiger partial charge in [0.25, 0.3) is 0 Å². The van der Waals surface area contributed by atoms with Crippen molar-refractivity contribution in [2.45, 2.75) is 13.3 Å². The molecule has 0 bridgehead atoms. The lowest BCUT2D eigenvalue weighted by Gasteiger charge is -2.09. The van der Waals surface area contributed by atoms with Gasteiger partial charge in [-0.3, -0.25) is 4.79 Å². The molecule has 3 aromatic rings. The first-order chi connectivity index (χ1) is 14.0. The standard InChI is InChI=1S/C22H20FNO4S/c1-3-28-22(26)20-18(15-6-8-16(23)9-7-15)13-29-21(20)24-19(25)12-14-4-10-17(27-2)11-5-14/h4-11,13H,3,12H2,1-2H3,(H,24,25). The maximum absolute atomic E-state index is 13.3. The van der Waals surface area contributed by atoms with Gasteiger partial charge in [0.1, 0.15) is 22.1 Å². The summed E-state index contributed by atoms with van der Waals surface area (Å²) in [5.74, 6) is -0.448. The fraction of sp³-hybridized carbons (Fsp3) is 0.182. The Bertz CT molecular complexity index is 997. The highest BCUT2D eigenvalue weighted by Gasteiger charge is 2.23. The first-order valence-corrected chi connectivity index (χ1v) is 9.87. The minimum atomic E-state index is -0.534. The van der Waals surface area contributed by atoms with Crippen molar-refractivity contribution in [3.8, 4) is 16.9 Å². The van der Waals surface area contributed by atoms with Gasteiger partial charge in [-0.25, -0.2) is 9.18 Å². The molecule has 0 unspecified atom stereocenters. The first-order valence-electron chi connectivity index (χ1n) is 8.99. The third kappa shape index (κ3) is 5.00. The zero-order chi connectivity index (χ0) is 20.8. The van der Waals surface area contributed by atoms with Crippen molar-refractivity contribution in [3.05, 3.63) is 70.9 Å². The maximum atomic E-state index is 13.3. The van der Waals surface area contributed by atoms with Crippen LogP contribution in [0.2, 0.25) is 0 Å². The number of esters is 1. The molecular weight excluding hydrogens is 393 g/mol. The van der Waals surface area contributed by atoms with E-state index in [1.165, 1.54) is 23.5 Å². The third-order valence-corrected chi connectivity index (χ3v) is 5.10. The molecule has 0 aliphatic heterocycles. The molecule has 0 saturated heterocycles. The Morgan fingerprint density at radius 3 is 2.38 bits per heavy atom. The van der Waals surface area contributed by atoms with Crippen LogP contribution < -0.4 is 10.1 Å². The van der Waals surface area contributed by atoms with Crippen molar-refractivity contribution in [2.24, 2.45) is 0 Å². The lowest BCUT2D eigenvalue weighted by Crippen LogP contribution is -2.16. The highest BCUT2D eigenvalue weighted by atomic mass is 32.1. The monoisotopic (exact) mass is 413 g/mol. The number of halogens is 1. The van der Waals surface area contributed by atoms with Gasteiger partial charge in [0.05, 0.1) is 20.1 Å². The minimum absolute atomic E-state index is 0.149. The van der Waals surface area contributed by atoms with E-state index in [2.05, 4.69) is 5.32 Å². The molecule has 0 aliphatic rings. The Hall–Kier alpha value is -3.19. The van der Waals surface area contributed by atoms with Gasteiger partial charge in [-0.05, 0) is 42.3 Å². The van der Waals surface area contributed by atoms with Gasteiger partial charge < -0.3 is 14.8 Å². The van der Waals surface area contributed by atoms with Crippen molar-refractivity contribution >= 4 is 28.2 Å². The summed E-state index contributed by atoms with van der Waals surface area (Å²) >= 11 is 1.23. The fourth-order valence-corrected chi connectivity index (χ4v) is 3.77. The quantitative estimate of drug-likeness (QED) is 0.559. The molecule has 2 aromatic carbocycles. The largest absolute Gasteiger partial charge is 0.497 e. The molecule has 150 valence electrons. The van der Waals surface area contributed by atoms with E-state index in [1.807, 2.05) is 12.1 Å². The number of anilines is 1. The lowest BCUT2D eigenvalue weighted by molar-refractivity contribution is -0.115. The highest BCUT2D eigenvalue weighted by Crippen LogP contribution is 2.36. The molecule has 5 nitrogen and oxygen atoms in total. The van der Waals surface area contributed by atoms with Crippen LogP contribution in [0.5, 0.6) is 5.75 Å². The van der Waals surface area contributed by atoms with Gasteiger partial charge in [-0.1, -0.05) is 24.3 Å². The number of carbonyl (C=O) groups excluding carboxylic acids is 2. The Kier molecular flexibility index (Phi) is 6.61. The smallest absolute Gasteiger partial charge is 0.341 e. The Morgan fingerprint density at radius 2 is 1.76 bits per heavy atom. The van der Waals surface area contributed by atoms with Crippen LogP contribution in [0.1, 0.15) is 22.8 Å². The predicted molar refractivity (Wildman–Crippen MR) is 111 cm³/mol. The molecule has 0 radical (unpaired) electrons. The number of methoxy groups -OCH3 is 1. The van der Waals surface area contributed by atoms with Crippen LogP contribution in [-0.2, 0) is 16.0 Å². The number of thiophene rings is 1. The van der Waals surface area contributed by atoms with Crippen LogP contribution in [0.4, 0.5) is 9.39 Å². The van der Waals surface area contributed by atoms with Crippen LogP contribution in [0.25, 0.3) is 11.1 Å². The maximum Gasteiger partial charge on any atom is 0.341 e. The fourth-order valence-electron chi connectivity index (χ4n) is 2.80. The molecule has 7 heteroatoms. The van der Waals surface area contributed by atoms with Crippen LogP contribution in [-0.4, -0.2) is 25.6 Å². The van der Waals surface area contributed by atoms with E-state index in [4.69, 9.17) is 9.47 Å². The van der Waals surface area contributed by atoms with E-state index < -0.39 is 5.97 Å². The number of rotatable bonds is 7. The number of carbonyl (C=O) groups is 2. The number of hydrogen-bond donors (Lipinski definition) is 1. The summed E-state index contributed by atoms with van der Waals surface area (Å²) < 4.78 is 23.5. The van der Waals surface area contributed by atoms with E-state index in [0.29, 0.717) is 21.9 Å². The Labute approximate surface area is 172 Å². The molecule has 3 rings (SSSR count). The van der Waals surface area contributed by atoms with Crippen LogP contribution in [0, 0.1) is 5.82 Å². The second-order valence-electron chi connectivity index (χ2n) is 6.15. The van der Waals surface area contributed by atoms with E-state index in [-0.39, 0.29) is 30.3 Å². The minimum Gasteiger partial charge on any atom is -0.497 e. The second-order valence-corrected chi connectivity index (χ2v) is 7.03. The summed E-state index contributed by atoms with van der Waals surface area (Å²) in [6.45, 7) is 1.92. The summed E-state index contributed by atoms with van der Waals surface area (Å²) in [5, 5.41) is 4.96. The number of ether oxygens (including phenoxy) is 2. The van der Waals surface area contributed by atoms with Crippen molar-refractivity contribution in [3.63, 3.8) is 0 Å². The average Bonchev–Trinajstić information content (AvgIpc) is 3.12. The summed E-state index contributed by atoms with van der Waals surface area (Å²) in [4.78, 5) is 25.1. The van der Waals surface area contributed by atoms with E-state index in [0.717, 1.165) is 5.56 Å². The summed E-state index contributed by atoms with van der Waals surface area (Å²) in [5.41, 5.74) is 2.34. The first kappa shape index (κ1) is 20.5. The normalized spacial score (nSPS) is 10.4. The molecule has 29 heavy (non-hydrogen) atoms. The lowest BCUT2D eigenvalue weighted by atomic mass is 10.0. The Balaban J connectivity index is 1.84. The van der Waals surface area contributed by atoms with Crippen molar-refractivity contribution in [1.29, 1.82) is 0 Å². The van der Waals surface area contributed by atoms with Gasteiger partial charge in [0.15, 0.2) is 0 Å². The third-order valence-electron chi connectivity index (χ3n) is 4.20. The van der Waals surface area contributed by atoms with Crippen LogP contribution in [0.15, 0.2) is 53.9 Å². The second kappa shape index (κ2) is 9.34. The molecule has 0 saturated carbocycles. The molecule has 1 N–H and O–H groups in total. The zero-order valence-electron chi connectivity index (χ0n) is 16.0. The molecule has 1 amide bonds. The molecule has 1 aromatic heterocycles. The number of amides is 1. The van der Waals surface area contributed by atoms with Crippen molar-refractivity contribution in [1.82, 2.24) is 0 Å². The van der Waals surface area contributed by atoms with E-state index in [9.17, 15) is 14.0 Å². The van der Waals surface area contributed by atoms with Gasteiger partial charge in [0, 0.05) is 10.9 Å². The van der Waals surface area contributed by atoms with Gasteiger partial charge in [-0.2, -0.15) is 0 Å². The molecule has 0 aliphatic carbocycles. The molecule has 0 atom stereocenters. The highest BCUT2D eigenvalue weighted by molar-refractivity contribution is 7.15. The van der Waals surface area contributed by atoms with Crippen molar-refractivity contribution in [2.75, 3.05) is 19.0 Å². The average molecular weight is 413 g/mol. The summed E-state index contributed by atoms with van der Waals surface area (Å²) in [6.07, 6.45) is 0.149. The van der Waals surface area contributed by atoms with Gasteiger partial charge in [0.2, 0.25) is 5.91 Å². The van der Waals surface area contributed by atoms with Crippen LogP contribution >= 0.6 is 11.3 Å². The number of benzene rings is 2. The molecule has 0 fully saturated rings.